The Morgan fingerprint density at radius 3 is 2.41 bits per heavy atom. The Morgan fingerprint density at radius 1 is 0.971 bits per heavy atom. The number of carbonyl (C=O) groups excluding carboxylic acids is 1. The number of amides is 1. The molecule has 3 aromatic carbocycles. The van der Waals surface area contributed by atoms with Crippen LogP contribution in [-0.2, 0) is 26.0 Å². The zero-order valence-corrected chi connectivity index (χ0v) is 19.3. The van der Waals surface area contributed by atoms with Gasteiger partial charge in [-0.3, -0.25) is 4.79 Å². The van der Waals surface area contributed by atoms with Crippen LogP contribution in [0.5, 0.6) is 0 Å². The number of benzene rings is 3. The lowest BCUT2D eigenvalue weighted by Gasteiger charge is -2.29. The van der Waals surface area contributed by atoms with Gasteiger partial charge in [-0.15, -0.1) is 0 Å². The van der Waals surface area contributed by atoms with Gasteiger partial charge in [0.2, 0.25) is 15.9 Å². The van der Waals surface area contributed by atoms with E-state index in [0.717, 1.165) is 30.4 Å². The van der Waals surface area contributed by atoms with Crippen LogP contribution in [0.2, 0.25) is 0 Å². The largest absolute Gasteiger partial charge is 0.378 e. The van der Waals surface area contributed by atoms with Crippen LogP contribution < -0.4 is 14.9 Å². The second-order valence-electron chi connectivity index (χ2n) is 7.93. The molecule has 1 atom stereocenters. The van der Waals surface area contributed by atoms with E-state index in [4.69, 9.17) is 4.74 Å². The van der Waals surface area contributed by atoms with Gasteiger partial charge in [0.15, 0.2) is 0 Å². The Kier molecular flexibility index (Phi) is 7.56. The van der Waals surface area contributed by atoms with Crippen molar-refractivity contribution in [3.63, 3.8) is 0 Å². The molecule has 3 aromatic rings. The molecule has 1 fully saturated rings. The van der Waals surface area contributed by atoms with E-state index in [9.17, 15) is 17.6 Å². The SMILES string of the molecule is O=C(Nc1cccc(N2CCOCC2)c1)[C@H](Cc1ccccc1)NS(=O)(=O)c1ccccc1F. The highest BCUT2D eigenvalue weighted by Gasteiger charge is 2.28. The molecule has 0 saturated carbocycles. The average molecular weight is 484 g/mol. The fourth-order valence-corrected chi connectivity index (χ4v) is 5.06. The second kappa shape index (κ2) is 10.8. The average Bonchev–Trinajstić information content (AvgIpc) is 2.85. The molecule has 1 aliphatic heterocycles. The number of halogens is 1. The first kappa shape index (κ1) is 23.9. The maximum absolute atomic E-state index is 14.2. The van der Waals surface area contributed by atoms with Gasteiger partial charge in [0.1, 0.15) is 16.8 Å². The minimum Gasteiger partial charge on any atom is -0.378 e. The molecule has 4 rings (SSSR count). The number of nitrogens with zero attached hydrogens (tertiary/aromatic N) is 1. The molecule has 7 nitrogen and oxygen atoms in total. The molecular formula is C25H26FN3O4S. The smallest absolute Gasteiger partial charge is 0.244 e. The van der Waals surface area contributed by atoms with Crippen molar-refractivity contribution in [3.05, 3.63) is 90.2 Å². The highest BCUT2D eigenvalue weighted by molar-refractivity contribution is 7.89. The minimum absolute atomic E-state index is 0.101. The van der Waals surface area contributed by atoms with E-state index in [1.807, 2.05) is 36.4 Å². The number of hydrogen-bond acceptors (Lipinski definition) is 5. The zero-order valence-electron chi connectivity index (χ0n) is 18.5. The first-order valence-corrected chi connectivity index (χ1v) is 12.4. The maximum atomic E-state index is 14.2. The molecule has 1 aliphatic rings. The van der Waals surface area contributed by atoms with E-state index in [-0.39, 0.29) is 6.42 Å². The number of sulfonamides is 1. The molecular weight excluding hydrogens is 457 g/mol. The molecule has 0 spiro atoms. The number of hydrogen-bond donors (Lipinski definition) is 2. The third kappa shape index (κ3) is 5.99. The molecule has 9 heteroatoms. The van der Waals surface area contributed by atoms with Gasteiger partial charge >= 0.3 is 0 Å². The summed E-state index contributed by atoms with van der Waals surface area (Å²) in [6.45, 7) is 2.76. The fourth-order valence-electron chi connectivity index (χ4n) is 3.78. The second-order valence-corrected chi connectivity index (χ2v) is 9.62. The molecule has 0 radical (unpaired) electrons. The number of carbonyl (C=O) groups is 1. The van der Waals surface area contributed by atoms with E-state index in [2.05, 4.69) is 14.9 Å². The van der Waals surface area contributed by atoms with Crippen LogP contribution in [0.1, 0.15) is 5.56 Å². The van der Waals surface area contributed by atoms with Crippen LogP contribution in [0.25, 0.3) is 0 Å². The normalized spacial score (nSPS) is 15.0. The Hall–Kier alpha value is -3.27. The summed E-state index contributed by atoms with van der Waals surface area (Å²) in [6, 6.07) is 20.3. The number of ether oxygens (including phenoxy) is 1. The van der Waals surface area contributed by atoms with Crippen LogP contribution in [0.4, 0.5) is 15.8 Å². The van der Waals surface area contributed by atoms with Crippen LogP contribution in [0.3, 0.4) is 0 Å². The molecule has 178 valence electrons. The van der Waals surface area contributed by atoms with Gasteiger partial charge in [0.25, 0.3) is 0 Å². The predicted octanol–water partition coefficient (Wildman–Crippen LogP) is 3.19. The molecule has 2 N–H and O–H groups in total. The van der Waals surface area contributed by atoms with E-state index in [1.54, 1.807) is 18.2 Å². The van der Waals surface area contributed by atoms with Gasteiger partial charge in [-0.25, -0.2) is 12.8 Å². The topological polar surface area (TPSA) is 87.7 Å². The van der Waals surface area contributed by atoms with E-state index >= 15 is 0 Å². The van der Waals surface area contributed by atoms with Gasteiger partial charge in [-0.05, 0) is 42.3 Å². The maximum Gasteiger partial charge on any atom is 0.244 e. The molecule has 1 amide bonds. The molecule has 0 unspecified atom stereocenters. The standard InChI is InChI=1S/C25H26FN3O4S/c26-22-11-4-5-12-24(22)34(31,32)28-23(17-19-7-2-1-3-8-19)25(30)27-20-9-6-10-21(18-20)29-13-15-33-16-14-29/h1-12,18,23,28H,13-17H2,(H,27,30)/t23-/m0/s1. The Balaban J connectivity index is 1.56. The Bertz CT molecular complexity index is 1230. The molecule has 1 saturated heterocycles. The lowest BCUT2D eigenvalue weighted by atomic mass is 10.1. The summed E-state index contributed by atoms with van der Waals surface area (Å²) >= 11 is 0. The van der Waals surface area contributed by atoms with Crippen LogP contribution in [0.15, 0.2) is 83.8 Å². The summed E-state index contributed by atoms with van der Waals surface area (Å²) in [4.78, 5) is 14.9. The summed E-state index contributed by atoms with van der Waals surface area (Å²) < 4.78 is 47.8. The summed E-state index contributed by atoms with van der Waals surface area (Å²) in [6.07, 6.45) is 0.101. The quantitative estimate of drug-likeness (QED) is 0.514. The van der Waals surface area contributed by atoms with Gasteiger partial charge in [-0.1, -0.05) is 48.5 Å². The third-order valence-electron chi connectivity index (χ3n) is 5.51. The number of nitrogens with one attached hydrogen (secondary N) is 2. The van der Waals surface area contributed by atoms with Crippen LogP contribution >= 0.6 is 0 Å². The molecule has 0 aliphatic carbocycles. The third-order valence-corrected chi connectivity index (χ3v) is 7.02. The molecule has 0 aromatic heterocycles. The summed E-state index contributed by atoms with van der Waals surface area (Å²) in [7, 11) is -4.28. The van der Waals surface area contributed by atoms with E-state index in [0.29, 0.717) is 18.9 Å². The number of rotatable bonds is 8. The van der Waals surface area contributed by atoms with Crippen LogP contribution in [-0.4, -0.2) is 46.7 Å². The lowest BCUT2D eigenvalue weighted by Crippen LogP contribution is -2.45. The number of anilines is 2. The van der Waals surface area contributed by atoms with Crippen molar-refractivity contribution >= 4 is 27.3 Å². The molecule has 34 heavy (non-hydrogen) atoms. The summed E-state index contributed by atoms with van der Waals surface area (Å²) in [5.74, 6) is -1.42. The van der Waals surface area contributed by atoms with E-state index < -0.39 is 32.7 Å². The highest BCUT2D eigenvalue weighted by Crippen LogP contribution is 2.21. The zero-order chi connectivity index (χ0) is 24.0. The summed E-state index contributed by atoms with van der Waals surface area (Å²) in [5.41, 5.74) is 2.24. The van der Waals surface area contributed by atoms with Crippen molar-refractivity contribution in [1.82, 2.24) is 4.72 Å². The van der Waals surface area contributed by atoms with Crippen molar-refractivity contribution in [3.8, 4) is 0 Å². The Labute approximate surface area is 198 Å². The number of morpholine rings is 1. The van der Waals surface area contributed by atoms with Crippen molar-refractivity contribution in [2.75, 3.05) is 36.5 Å². The van der Waals surface area contributed by atoms with Crippen LogP contribution in [0, 0.1) is 5.82 Å². The lowest BCUT2D eigenvalue weighted by molar-refractivity contribution is -0.117. The van der Waals surface area contributed by atoms with Crippen molar-refractivity contribution in [2.24, 2.45) is 0 Å². The Morgan fingerprint density at radius 2 is 1.68 bits per heavy atom. The van der Waals surface area contributed by atoms with Gasteiger partial charge in [0, 0.05) is 24.5 Å². The van der Waals surface area contributed by atoms with Crippen molar-refractivity contribution < 1.29 is 22.3 Å². The highest BCUT2D eigenvalue weighted by atomic mass is 32.2. The van der Waals surface area contributed by atoms with E-state index in [1.165, 1.54) is 18.2 Å². The van der Waals surface area contributed by atoms with Gasteiger partial charge in [-0.2, -0.15) is 4.72 Å². The summed E-state index contributed by atoms with van der Waals surface area (Å²) in [5, 5.41) is 2.81. The molecule has 1 heterocycles. The first-order chi connectivity index (χ1) is 16.4. The van der Waals surface area contributed by atoms with Crippen molar-refractivity contribution in [1.29, 1.82) is 0 Å². The minimum atomic E-state index is -4.28. The molecule has 0 bridgehead atoms. The monoisotopic (exact) mass is 483 g/mol. The predicted molar refractivity (Wildman–Crippen MR) is 129 cm³/mol. The van der Waals surface area contributed by atoms with Crippen molar-refractivity contribution in [2.45, 2.75) is 17.4 Å². The van der Waals surface area contributed by atoms with Gasteiger partial charge in [0.05, 0.1) is 13.2 Å². The first-order valence-electron chi connectivity index (χ1n) is 11.0. The van der Waals surface area contributed by atoms with Gasteiger partial charge < -0.3 is 15.0 Å². The fraction of sp³-hybridized carbons (Fsp3) is 0.240.